The molecule has 0 aliphatic carbocycles. The molecule has 0 saturated carbocycles. The molecular formula is C10H16N2O11P2S. The van der Waals surface area contributed by atoms with Crippen LogP contribution in [0.1, 0.15) is 11.8 Å². The summed E-state index contributed by atoms with van der Waals surface area (Å²) in [5, 5.41) is 19.4. The van der Waals surface area contributed by atoms with Crippen molar-refractivity contribution < 1.29 is 47.6 Å². The molecule has 0 radical (unpaired) electrons. The molecule has 5 atom stereocenters. The first kappa shape index (κ1) is 21.5. The largest absolute Gasteiger partial charge is 0.481 e. The van der Waals surface area contributed by atoms with Crippen LogP contribution in [0.2, 0.25) is 0 Å². The van der Waals surface area contributed by atoms with Gasteiger partial charge in [-0.15, -0.1) is 0 Å². The van der Waals surface area contributed by atoms with E-state index in [0.29, 0.717) is 5.56 Å². The van der Waals surface area contributed by atoms with Crippen molar-refractivity contribution in [1.82, 2.24) is 9.55 Å². The molecule has 2 unspecified atom stereocenters. The number of aromatic amines is 1. The highest BCUT2D eigenvalue weighted by Crippen LogP contribution is 2.59. The Bertz CT molecular complexity index is 878. The first-order valence-corrected chi connectivity index (χ1v) is 10.3. The SMILES string of the molecule is Cc1cn([C@@H]2O[C@H](CO)[C@@H](O)C2OP(=O)(O)OP(=O)(O)O)c(=O)[nH]c1=S. The lowest BCUT2D eigenvalue weighted by Gasteiger charge is -2.24. The third kappa shape index (κ3) is 4.94. The lowest BCUT2D eigenvalue weighted by atomic mass is 10.1. The van der Waals surface area contributed by atoms with Gasteiger partial charge in [0.1, 0.15) is 23.0 Å². The van der Waals surface area contributed by atoms with Crippen LogP contribution in [0.4, 0.5) is 0 Å². The quantitative estimate of drug-likeness (QED) is 0.237. The maximum atomic E-state index is 12.1. The number of hydrogen-bond donors (Lipinski definition) is 6. The molecule has 2 heterocycles. The molecular weight excluding hydrogens is 418 g/mol. The van der Waals surface area contributed by atoms with Crippen molar-refractivity contribution in [3.8, 4) is 0 Å². The highest BCUT2D eigenvalue weighted by atomic mass is 32.1. The Kier molecular flexibility index (Phi) is 6.38. The van der Waals surface area contributed by atoms with Gasteiger partial charge in [-0.3, -0.25) is 14.1 Å². The number of hydrogen-bond acceptors (Lipinski definition) is 9. The smallest absolute Gasteiger partial charge is 0.394 e. The van der Waals surface area contributed by atoms with E-state index in [0.717, 1.165) is 4.57 Å². The fourth-order valence-corrected chi connectivity index (χ4v) is 4.19. The normalized spacial score (nSPS) is 28.8. The van der Waals surface area contributed by atoms with Gasteiger partial charge in [-0.25, -0.2) is 13.9 Å². The summed E-state index contributed by atoms with van der Waals surface area (Å²) in [6, 6.07) is 0. The standard InChI is InChI=1S/C10H16N2O11P2S/c1-4-2-12(10(15)11-8(4)26)9-7(6(14)5(3-13)21-9)22-25(19,20)23-24(16,17)18/h2,5-7,9,13-14H,3H2,1H3,(H,19,20)(H,11,15,26)(H2,16,17,18)/t5-,6-,7?,9-/m1/s1. The van der Waals surface area contributed by atoms with Gasteiger partial charge >= 0.3 is 21.3 Å². The van der Waals surface area contributed by atoms with Gasteiger partial charge in [0.15, 0.2) is 6.23 Å². The first-order chi connectivity index (χ1) is 11.8. The Morgan fingerprint density at radius 1 is 1.38 bits per heavy atom. The van der Waals surface area contributed by atoms with E-state index in [2.05, 4.69) is 13.8 Å². The highest BCUT2D eigenvalue weighted by Gasteiger charge is 2.50. The van der Waals surface area contributed by atoms with Crippen LogP contribution in [-0.2, 0) is 22.7 Å². The summed E-state index contributed by atoms with van der Waals surface area (Å²) in [4.78, 5) is 41.2. The van der Waals surface area contributed by atoms with Gasteiger partial charge in [0.2, 0.25) is 0 Å². The molecule has 1 aliphatic rings. The van der Waals surface area contributed by atoms with Gasteiger partial charge in [0.25, 0.3) is 0 Å². The number of aliphatic hydroxyl groups excluding tert-OH is 2. The topological polar surface area (TPSA) is 201 Å². The van der Waals surface area contributed by atoms with Crippen LogP contribution in [0.15, 0.2) is 11.0 Å². The van der Waals surface area contributed by atoms with Crippen molar-refractivity contribution in [2.45, 2.75) is 31.5 Å². The van der Waals surface area contributed by atoms with Crippen LogP contribution in [0.5, 0.6) is 0 Å². The maximum absolute atomic E-state index is 12.1. The number of phosphoric acid groups is 2. The second-order valence-corrected chi connectivity index (χ2v) is 8.52. The summed E-state index contributed by atoms with van der Waals surface area (Å²) in [5.41, 5.74) is -0.392. The number of nitrogens with one attached hydrogen (secondary N) is 1. The number of ether oxygens (including phenoxy) is 1. The van der Waals surface area contributed by atoms with E-state index in [4.69, 9.17) is 26.7 Å². The Hall–Kier alpha value is -0.760. The average molecular weight is 434 g/mol. The predicted octanol–water partition coefficient (Wildman–Crippen LogP) is -0.940. The molecule has 2 rings (SSSR count). The van der Waals surface area contributed by atoms with E-state index >= 15 is 0 Å². The lowest BCUT2D eigenvalue weighted by Crippen LogP contribution is -2.37. The number of nitrogens with zero attached hydrogens (tertiary/aromatic N) is 1. The molecule has 26 heavy (non-hydrogen) atoms. The van der Waals surface area contributed by atoms with Gasteiger partial charge in [-0.2, -0.15) is 4.31 Å². The minimum Gasteiger partial charge on any atom is -0.394 e. The van der Waals surface area contributed by atoms with Crippen LogP contribution >= 0.6 is 27.9 Å². The molecule has 1 aromatic heterocycles. The summed E-state index contributed by atoms with van der Waals surface area (Å²) in [6.45, 7) is 0.816. The Balaban J connectivity index is 2.42. The third-order valence-corrected chi connectivity index (χ3v) is 5.99. The van der Waals surface area contributed by atoms with Crippen molar-refractivity contribution in [3.63, 3.8) is 0 Å². The third-order valence-electron chi connectivity index (χ3n) is 3.38. The van der Waals surface area contributed by atoms with Gasteiger partial charge in [-0.1, -0.05) is 12.2 Å². The summed E-state index contributed by atoms with van der Waals surface area (Å²) < 4.78 is 37.1. The number of rotatable bonds is 6. The zero-order valence-corrected chi connectivity index (χ0v) is 15.6. The first-order valence-electron chi connectivity index (χ1n) is 6.89. The number of aryl methyl sites for hydroxylation is 1. The minimum atomic E-state index is -5.40. The van der Waals surface area contributed by atoms with Crippen LogP contribution in [0, 0.1) is 11.6 Å². The monoisotopic (exact) mass is 434 g/mol. The minimum absolute atomic E-state index is 0.124. The molecule has 0 bridgehead atoms. The highest BCUT2D eigenvalue weighted by molar-refractivity contribution is 7.71. The summed E-state index contributed by atoms with van der Waals surface area (Å²) >= 11 is 4.90. The van der Waals surface area contributed by atoms with E-state index < -0.39 is 52.5 Å². The molecule has 1 saturated heterocycles. The molecule has 16 heteroatoms. The molecule has 1 fully saturated rings. The maximum Gasteiger partial charge on any atom is 0.481 e. The van der Waals surface area contributed by atoms with Gasteiger partial charge < -0.3 is 29.6 Å². The fourth-order valence-electron chi connectivity index (χ4n) is 2.29. The second-order valence-electron chi connectivity index (χ2n) is 5.33. The fraction of sp³-hybridized carbons (Fsp3) is 0.600. The number of H-pyrrole nitrogens is 1. The van der Waals surface area contributed by atoms with Crippen LogP contribution < -0.4 is 5.69 Å². The van der Waals surface area contributed by atoms with Crippen molar-refractivity contribution in [1.29, 1.82) is 0 Å². The van der Waals surface area contributed by atoms with Gasteiger partial charge in [0, 0.05) is 11.8 Å². The van der Waals surface area contributed by atoms with E-state index in [-0.39, 0.29) is 4.64 Å². The predicted molar refractivity (Wildman–Crippen MR) is 85.5 cm³/mol. The van der Waals surface area contributed by atoms with Crippen LogP contribution in [0.25, 0.3) is 0 Å². The Labute approximate surface area is 150 Å². The number of aromatic nitrogens is 2. The summed E-state index contributed by atoms with van der Waals surface area (Å²) in [7, 11) is -10.8. The zero-order chi connectivity index (χ0) is 19.9. The molecule has 6 N–H and O–H groups in total. The van der Waals surface area contributed by atoms with Crippen molar-refractivity contribution in [2.24, 2.45) is 0 Å². The van der Waals surface area contributed by atoms with Gasteiger partial charge in [0.05, 0.1) is 6.61 Å². The van der Waals surface area contributed by atoms with E-state index in [1.807, 2.05) is 0 Å². The Morgan fingerprint density at radius 2 is 2.00 bits per heavy atom. The summed E-state index contributed by atoms with van der Waals surface area (Å²) in [6.07, 6.45) is -5.12. The van der Waals surface area contributed by atoms with E-state index in [1.165, 1.54) is 6.20 Å². The molecule has 13 nitrogen and oxygen atoms in total. The zero-order valence-electron chi connectivity index (χ0n) is 13.0. The average Bonchev–Trinajstić information content (AvgIpc) is 2.76. The molecule has 0 aromatic carbocycles. The second kappa shape index (κ2) is 7.70. The summed E-state index contributed by atoms with van der Waals surface area (Å²) in [5.74, 6) is 0. The lowest BCUT2D eigenvalue weighted by molar-refractivity contribution is -0.0543. The van der Waals surface area contributed by atoms with E-state index in [9.17, 15) is 29.0 Å². The van der Waals surface area contributed by atoms with Crippen LogP contribution in [0.3, 0.4) is 0 Å². The number of aliphatic hydroxyl groups is 2. The van der Waals surface area contributed by atoms with Crippen molar-refractivity contribution in [3.05, 3.63) is 26.9 Å². The van der Waals surface area contributed by atoms with Gasteiger partial charge in [-0.05, 0) is 6.92 Å². The van der Waals surface area contributed by atoms with Crippen molar-refractivity contribution >= 4 is 27.9 Å². The molecule has 0 amide bonds. The van der Waals surface area contributed by atoms with Crippen molar-refractivity contribution in [2.75, 3.05) is 6.61 Å². The molecule has 1 aliphatic heterocycles. The van der Waals surface area contributed by atoms with Crippen LogP contribution in [-0.4, -0.2) is 59.4 Å². The molecule has 0 spiro atoms. The Morgan fingerprint density at radius 3 is 2.54 bits per heavy atom. The number of phosphoric ester groups is 1. The molecule has 1 aromatic rings. The van der Waals surface area contributed by atoms with E-state index in [1.54, 1.807) is 6.92 Å². The molecule has 148 valence electrons.